The van der Waals surface area contributed by atoms with Crippen molar-refractivity contribution >= 4 is 22.6 Å². The van der Waals surface area contributed by atoms with Crippen LogP contribution in [0.2, 0.25) is 0 Å². The maximum Gasteiger partial charge on any atom is 0.328 e. The molecule has 2 aromatic rings. The van der Waals surface area contributed by atoms with Gasteiger partial charge in [-0.25, -0.2) is 4.79 Å². The normalized spacial score (nSPS) is 28.6. The molecule has 5 nitrogen and oxygen atoms in total. The Hall–Kier alpha value is -2.40. The Bertz CT molecular complexity index is 849. The van der Waals surface area contributed by atoms with Gasteiger partial charge in [-0.05, 0) is 48.4 Å². The first-order valence-electron chi connectivity index (χ1n) is 9.20. The molecule has 2 aliphatic rings. The highest BCUT2D eigenvalue weighted by atomic mass is 16.5. The fraction of sp³-hybridized carbons (Fsp3) is 0.429. The Morgan fingerprint density at radius 3 is 2.54 bits per heavy atom. The second kappa shape index (κ2) is 6.40. The zero-order valence-corrected chi connectivity index (χ0v) is 14.9. The summed E-state index contributed by atoms with van der Waals surface area (Å²) in [7, 11) is 0. The number of carboxylic acid groups (broad SMARTS) is 1. The first-order valence-corrected chi connectivity index (χ1v) is 9.20. The summed E-state index contributed by atoms with van der Waals surface area (Å²) in [5.74, 6) is -0.682. The second-order valence-corrected chi connectivity index (χ2v) is 7.50. The SMILES string of the molecule is CC1CCC2(CC1)OC[C@H](C(=O)O)N2C(=O)c1cccc2ccccc12. The molecule has 1 amide bonds. The Kier molecular flexibility index (Phi) is 4.19. The first-order chi connectivity index (χ1) is 12.5. The fourth-order valence-corrected chi connectivity index (χ4v) is 4.31. The number of fused-ring (bicyclic) bond motifs is 1. The van der Waals surface area contributed by atoms with Crippen LogP contribution in [0.5, 0.6) is 0 Å². The van der Waals surface area contributed by atoms with E-state index in [4.69, 9.17) is 4.74 Å². The number of hydrogen-bond acceptors (Lipinski definition) is 3. The standard InChI is InChI=1S/C21H23NO4/c1-14-9-11-21(12-10-14)22(18(13-26-21)20(24)25)19(23)17-8-4-6-15-5-2-3-7-16(15)17/h2-8,14,18H,9-13H2,1H3,(H,24,25)/t14?,18-,21?/m1/s1. The lowest BCUT2D eigenvalue weighted by Crippen LogP contribution is -2.55. The Labute approximate surface area is 152 Å². The van der Waals surface area contributed by atoms with Gasteiger partial charge in [-0.15, -0.1) is 0 Å². The lowest BCUT2D eigenvalue weighted by atomic mass is 9.83. The number of rotatable bonds is 2. The molecule has 4 rings (SSSR count). The molecule has 1 N–H and O–H groups in total. The van der Waals surface area contributed by atoms with Crippen molar-refractivity contribution in [2.45, 2.75) is 44.4 Å². The van der Waals surface area contributed by atoms with Crippen molar-refractivity contribution in [2.75, 3.05) is 6.61 Å². The highest BCUT2D eigenvalue weighted by molar-refractivity contribution is 6.08. The zero-order chi connectivity index (χ0) is 18.3. The van der Waals surface area contributed by atoms with Crippen molar-refractivity contribution in [1.29, 1.82) is 0 Å². The summed E-state index contributed by atoms with van der Waals surface area (Å²) in [6, 6.07) is 12.3. The van der Waals surface area contributed by atoms with Crippen molar-refractivity contribution < 1.29 is 19.4 Å². The predicted octanol–water partition coefficient (Wildman–Crippen LogP) is 3.67. The Balaban J connectivity index is 1.78. The molecule has 0 unspecified atom stereocenters. The summed E-state index contributed by atoms with van der Waals surface area (Å²) < 4.78 is 6.00. The zero-order valence-electron chi connectivity index (χ0n) is 14.9. The van der Waals surface area contributed by atoms with E-state index in [1.54, 1.807) is 6.07 Å². The van der Waals surface area contributed by atoms with Crippen molar-refractivity contribution in [2.24, 2.45) is 5.92 Å². The summed E-state index contributed by atoms with van der Waals surface area (Å²) >= 11 is 0. The minimum Gasteiger partial charge on any atom is -0.480 e. The van der Waals surface area contributed by atoms with Crippen LogP contribution in [0.4, 0.5) is 0 Å². The van der Waals surface area contributed by atoms with Crippen LogP contribution in [-0.2, 0) is 9.53 Å². The third-order valence-corrected chi connectivity index (χ3v) is 5.84. The summed E-state index contributed by atoms with van der Waals surface area (Å²) in [5.41, 5.74) is -0.248. The number of carbonyl (C=O) groups excluding carboxylic acids is 1. The van der Waals surface area contributed by atoms with Crippen LogP contribution in [0.3, 0.4) is 0 Å². The molecule has 0 bridgehead atoms. The summed E-state index contributed by atoms with van der Waals surface area (Å²) in [6.07, 6.45) is 3.25. The first kappa shape index (κ1) is 17.0. The van der Waals surface area contributed by atoms with Gasteiger partial charge in [-0.3, -0.25) is 9.69 Å². The van der Waals surface area contributed by atoms with E-state index in [1.807, 2.05) is 36.4 Å². The lowest BCUT2D eigenvalue weighted by molar-refractivity contribution is -0.143. The van der Waals surface area contributed by atoms with E-state index < -0.39 is 17.7 Å². The molecule has 5 heteroatoms. The monoisotopic (exact) mass is 353 g/mol. The van der Waals surface area contributed by atoms with E-state index in [9.17, 15) is 14.7 Å². The maximum absolute atomic E-state index is 13.5. The van der Waals surface area contributed by atoms with Crippen LogP contribution in [0.25, 0.3) is 10.8 Å². The van der Waals surface area contributed by atoms with Crippen LogP contribution in [0.15, 0.2) is 42.5 Å². The summed E-state index contributed by atoms with van der Waals surface area (Å²) in [6.45, 7) is 2.24. The third-order valence-electron chi connectivity index (χ3n) is 5.84. The van der Waals surface area contributed by atoms with Gasteiger partial charge >= 0.3 is 5.97 Å². The Morgan fingerprint density at radius 1 is 1.12 bits per heavy atom. The lowest BCUT2D eigenvalue weighted by Gasteiger charge is -2.42. The van der Waals surface area contributed by atoms with Gasteiger partial charge in [0.2, 0.25) is 0 Å². The van der Waals surface area contributed by atoms with Crippen LogP contribution < -0.4 is 0 Å². The number of nitrogens with zero attached hydrogens (tertiary/aromatic N) is 1. The topological polar surface area (TPSA) is 66.8 Å². The average molecular weight is 353 g/mol. The molecular formula is C21H23NO4. The van der Waals surface area contributed by atoms with Gasteiger partial charge in [0, 0.05) is 5.56 Å². The van der Waals surface area contributed by atoms with E-state index in [-0.39, 0.29) is 12.5 Å². The van der Waals surface area contributed by atoms with Crippen LogP contribution >= 0.6 is 0 Å². The van der Waals surface area contributed by atoms with Gasteiger partial charge in [-0.1, -0.05) is 43.3 Å². The van der Waals surface area contributed by atoms with Crippen molar-refractivity contribution in [1.82, 2.24) is 4.90 Å². The number of hydrogen-bond donors (Lipinski definition) is 1. The van der Waals surface area contributed by atoms with Gasteiger partial charge in [0.15, 0.2) is 6.04 Å². The molecule has 1 aliphatic carbocycles. The highest BCUT2D eigenvalue weighted by Gasteiger charge is 2.53. The van der Waals surface area contributed by atoms with Gasteiger partial charge in [-0.2, -0.15) is 0 Å². The van der Waals surface area contributed by atoms with Crippen molar-refractivity contribution in [3.63, 3.8) is 0 Å². The van der Waals surface area contributed by atoms with Crippen LogP contribution in [0.1, 0.15) is 43.0 Å². The maximum atomic E-state index is 13.5. The number of amides is 1. The summed E-state index contributed by atoms with van der Waals surface area (Å²) in [5, 5.41) is 11.5. The summed E-state index contributed by atoms with van der Waals surface area (Å²) in [4.78, 5) is 26.9. The van der Waals surface area contributed by atoms with Crippen LogP contribution in [0, 0.1) is 5.92 Å². The highest BCUT2D eigenvalue weighted by Crippen LogP contribution is 2.43. The molecule has 1 spiro atoms. The third kappa shape index (κ3) is 2.67. The van der Waals surface area contributed by atoms with E-state index in [0.29, 0.717) is 24.3 Å². The molecule has 1 heterocycles. The van der Waals surface area contributed by atoms with E-state index in [0.717, 1.165) is 23.6 Å². The molecule has 0 radical (unpaired) electrons. The molecule has 2 fully saturated rings. The molecule has 1 saturated heterocycles. The average Bonchev–Trinajstić information content (AvgIpc) is 3.02. The van der Waals surface area contributed by atoms with E-state index >= 15 is 0 Å². The molecule has 136 valence electrons. The molecule has 26 heavy (non-hydrogen) atoms. The molecule has 1 saturated carbocycles. The van der Waals surface area contributed by atoms with E-state index in [2.05, 4.69) is 6.92 Å². The number of benzene rings is 2. The minimum absolute atomic E-state index is 0.0558. The van der Waals surface area contributed by atoms with E-state index in [1.165, 1.54) is 4.90 Å². The Morgan fingerprint density at radius 2 is 1.81 bits per heavy atom. The van der Waals surface area contributed by atoms with Crippen molar-refractivity contribution in [3.05, 3.63) is 48.0 Å². The largest absolute Gasteiger partial charge is 0.480 e. The van der Waals surface area contributed by atoms with Gasteiger partial charge < -0.3 is 9.84 Å². The molecule has 0 aromatic heterocycles. The number of aliphatic carboxylic acids is 1. The minimum atomic E-state index is -1.01. The van der Waals surface area contributed by atoms with Gasteiger partial charge in [0.1, 0.15) is 5.72 Å². The van der Waals surface area contributed by atoms with Crippen molar-refractivity contribution in [3.8, 4) is 0 Å². The van der Waals surface area contributed by atoms with Gasteiger partial charge in [0.05, 0.1) is 6.61 Å². The van der Waals surface area contributed by atoms with Crippen LogP contribution in [-0.4, -0.2) is 40.3 Å². The second-order valence-electron chi connectivity index (χ2n) is 7.50. The van der Waals surface area contributed by atoms with Gasteiger partial charge in [0.25, 0.3) is 5.91 Å². The molecule has 1 atom stereocenters. The molecule has 1 aliphatic heterocycles. The number of ether oxygens (including phenoxy) is 1. The quantitative estimate of drug-likeness (QED) is 0.894. The molecular weight excluding hydrogens is 330 g/mol. The number of carbonyl (C=O) groups is 2. The fourth-order valence-electron chi connectivity index (χ4n) is 4.31. The smallest absolute Gasteiger partial charge is 0.328 e. The number of carboxylic acids is 1. The predicted molar refractivity (Wildman–Crippen MR) is 97.9 cm³/mol. The molecule has 2 aromatic carbocycles.